The lowest BCUT2D eigenvalue weighted by Crippen LogP contribution is -2.48. The van der Waals surface area contributed by atoms with E-state index in [1.807, 2.05) is 39.2 Å². The monoisotopic (exact) mass is 380 g/mol. The predicted octanol–water partition coefficient (Wildman–Crippen LogP) is 2.08. The number of anilines is 1. The maximum absolute atomic E-state index is 12.5. The second-order valence-electron chi connectivity index (χ2n) is 7.39. The molecule has 0 radical (unpaired) electrons. The molecule has 1 aliphatic heterocycles. The predicted molar refractivity (Wildman–Crippen MR) is 107 cm³/mol. The quantitative estimate of drug-likeness (QED) is 0.746. The Morgan fingerprint density at radius 3 is 2.61 bits per heavy atom. The molecular weight excluding hydrogens is 356 g/mol. The molecule has 146 valence electrons. The lowest BCUT2D eigenvalue weighted by molar-refractivity contribution is -0.121. The number of rotatable bonds is 4. The highest BCUT2D eigenvalue weighted by Gasteiger charge is 2.23. The standard InChI is InChI=1S/C20H24N6O2/c1-13-9-26(10-14(2)28-13)12-20(27)24-19-5-15-4-18(17-8-23-25(3)11-17)21-6-16(15)7-22-19/h4-8,11,13-14H,9-10,12H2,1-3H3,(H,22,24,27)/t13-,14+. The van der Waals surface area contributed by atoms with E-state index < -0.39 is 0 Å². The van der Waals surface area contributed by atoms with Gasteiger partial charge in [0.1, 0.15) is 5.82 Å². The molecule has 1 fully saturated rings. The third-order valence-corrected chi connectivity index (χ3v) is 4.73. The summed E-state index contributed by atoms with van der Waals surface area (Å²) in [7, 11) is 1.87. The second kappa shape index (κ2) is 7.65. The zero-order chi connectivity index (χ0) is 19.7. The molecule has 3 aromatic heterocycles. The van der Waals surface area contributed by atoms with Gasteiger partial charge in [0.25, 0.3) is 0 Å². The average Bonchev–Trinajstić information content (AvgIpc) is 3.06. The molecule has 1 amide bonds. The van der Waals surface area contributed by atoms with Crippen LogP contribution in [-0.2, 0) is 16.6 Å². The molecule has 3 aromatic rings. The highest BCUT2D eigenvalue weighted by Crippen LogP contribution is 2.22. The van der Waals surface area contributed by atoms with Gasteiger partial charge in [-0.15, -0.1) is 0 Å². The number of carbonyl (C=O) groups is 1. The van der Waals surface area contributed by atoms with Crippen LogP contribution in [0.2, 0.25) is 0 Å². The first-order valence-electron chi connectivity index (χ1n) is 9.39. The minimum Gasteiger partial charge on any atom is -0.373 e. The van der Waals surface area contributed by atoms with Crippen LogP contribution in [0.15, 0.2) is 36.9 Å². The first-order chi connectivity index (χ1) is 13.5. The number of pyridine rings is 2. The Morgan fingerprint density at radius 2 is 1.89 bits per heavy atom. The SMILES string of the molecule is C[C@@H]1CN(CC(=O)Nc2cc3cc(-c4cnn(C)c4)ncc3cn2)C[C@H](C)O1. The van der Waals surface area contributed by atoms with E-state index >= 15 is 0 Å². The van der Waals surface area contributed by atoms with Crippen molar-refractivity contribution in [3.8, 4) is 11.3 Å². The number of ether oxygens (including phenoxy) is 1. The fraction of sp³-hybridized carbons (Fsp3) is 0.400. The number of hydrogen-bond donors (Lipinski definition) is 1. The lowest BCUT2D eigenvalue weighted by atomic mass is 10.1. The van der Waals surface area contributed by atoms with Gasteiger partial charge < -0.3 is 10.1 Å². The summed E-state index contributed by atoms with van der Waals surface area (Å²) in [6, 6.07) is 3.86. The van der Waals surface area contributed by atoms with Crippen molar-refractivity contribution >= 4 is 22.5 Å². The Bertz CT molecular complexity index is 991. The van der Waals surface area contributed by atoms with Crippen molar-refractivity contribution in [3.05, 3.63) is 36.9 Å². The van der Waals surface area contributed by atoms with E-state index in [4.69, 9.17) is 4.74 Å². The number of nitrogens with zero attached hydrogens (tertiary/aromatic N) is 5. The van der Waals surface area contributed by atoms with Crippen LogP contribution in [0.25, 0.3) is 22.0 Å². The zero-order valence-corrected chi connectivity index (χ0v) is 16.3. The van der Waals surface area contributed by atoms with E-state index in [0.717, 1.165) is 35.1 Å². The summed E-state index contributed by atoms with van der Waals surface area (Å²) in [6.45, 7) is 5.89. The summed E-state index contributed by atoms with van der Waals surface area (Å²) < 4.78 is 7.46. The smallest absolute Gasteiger partial charge is 0.239 e. The van der Waals surface area contributed by atoms with E-state index in [2.05, 4.69) is 25.3 Å². The Kier molecular flexibility index (Phi) is 5.06. The Labute approximate surface area is 163 Å². The second-order valence-corrected chi connectivity index (χ2v) is 7.39. The number of aryl methyl sites for hydroxylation is 1. The molecule has 1 N–H and O–H groups in total. The van der Waals surface area contributed by atoms with Gasteiger partial charge in [0.05, 0.1) is 30.6 Å². The van der Waals surface area contributed by atoms with E-state index in [1.165, 1.54) is 0 Å². The first kappa shape index (κ1) is 18.5. The maximum atomic E-state index is 12.5. The number of carbonyl (C=O) groups excluding carboxylic acids is 1. The van der Waals surface area contributed by atoms with E-state index in [9.17, 15) is 4.79 Å². The van der Waals surface area contributed by atoms with Gasteiger partial charge in [-0.3, -0.25) is 19.4 Å². The van der Waals surface area contributed by atoms with Crippen LogP contribution in [-0.4, -0.2) is 62.4 Å². The molecule has 0 bridgehead atoms. The van der Waals surface area contributed by atoms with Crippen molar-refractivity contribution in [1.29, 1.82) is 0 Å². The fourth-order valence-corrected chi connectivity index (χ4v) is 3.62. The Balaban J connectivity index is 1.48. The van der Waals surface area contributed by atoms with Gasteiger partial charge in [-0.2, -0.15) is 5.10 Å². The number of amides is 1. The average molecular weight is 380 g/mol. The van der Waals surface area contributed by atoms with Crippen LogP contribution in [0.5, 0.6) is 0 Å². The molecule has 2 atom stereocenters. The third kappa shape index (κ3) is 4.18. The van der Waals surface area contributed by atoms with Crippen molar-refractivity contribution in [2.75, 3.05) is 25.0 Å². The molecule has 0 aromatic carbocycles. The van der Waals surface area contributed by atoms with Gasteiger partial charge in [-0.1, -0.05) is 0 Å². The van der Waals surface area contributed by atoms with Crippen molar-refractivity contribution in [3.63, 3.8) is 0 Å². The van der Waals surface area contributed by atoms with Crippen molar-refractivity contribution in [2.45, 2.75) is 26.1 Å². The van der Waals surface area contributed by atoms with Crippen molar-refractivity contribution < 1.29 is 9.53 Å². The highest BCUT2D eigenvalue weighted by molar-refractivity contribution is 5.94. The van der Waals surface area contributed by atoms with Crippen molar-refractivity contribution in [1.82, 2.24) is 24.6 Å². The van der Waals surface area contributed by atoms with Crippen LogP contribution in [0.1, 0.15) is 13.8 Å². The summed E-state index contributed by atoms with van der Waals surface area (Å²) in [4.78, 5) is 23.4. The zero-order valence-electron chi connectivity index (χ0n) is 16.3. The number of nitrogens with one attached hydrogen (secondary N) is 1. The highest BCUT2D eigenvalue weighted by atomic mass is 16.5. The molecule has 4 heterocycles. The summed E-state index contributed by atoms with van der Waals surface area (Å²) in [5.41, 5.74) is 1.78. The minimum atomic E-state index is -0.0744. The lowest BCUT2D eigenvalue weighted by Gasteiger charge is -2.34. The van der Waals surface area contributed by atoms with Gasteiger partial charge in [-0.25, -0.2) is 4.98 Å². The van der Waals surface area contributed by atoms with E-state index in [0.29, 0.717) is 12.4 Å². The Morgan fingerprint density at radius 1 is 1.14 bits per heavy atom. The van der Waals surface area contributed by atoms with Crippen LogP contribution < -0.4 is 5.32 Å². The van der Waals surface area contributed by atoms with E-state index in [1.54, 1.807) is 23.3 Å². The topological polar surface area (TPSA) is 85.2 Å². The fourth-order valence-electron chi connectivity index (χ4n) is 3.62. The molecule has 4 rings (SSSR count). The van der Waals surface area contributed by atoms with Gasteiger partial charge in [0.2, 0.25) is 5.91 Å². The molecular formula is C20H24N6O2. The number of morpholine rings is 1. The summed E-state index contributed by atoms with van der Waals surface area (Å²) in [5.74, 6) is 0.463. The maximum Gasteiger partial charge on any atom is 0.239 e. The Hall–Kier alpha value is -2.84. The molecule has 8 heteroatoms. The van der Waals surface area contributed by atoms with Crippen LogP contribution in [0.4, 0.5) is 5.82 Å². The molecule has 0 unspecified atom stereocenters. The van der Waals surface area contributed by atoms with Gasteiger partial charge >= 0.3 is 0 Å². The third-order valence-electron chi connectivity index (χ3n) is 4.73. The van der Waals surface area contributed by atoms with E-state index in [-0.39, 0.29) is 18.1 Å². The van der Waals surface area contributed by atoms with Gasteiger partial charge in [0.15, 0.2) is 0 Å². The summed E-state index contributed by atoms with van der Waals surface area (Å²) in [5, 5.41) is 8.98. The molecule has 8 nitrogen and oxygen atoms in total. The number of aromatic nitrogens is 4. The largest absolute Gasteiger partial charge is 0.373 e. The normalized spacial score (nSPS) is 20.4. The minimum absolute atomic E-state index is 0.0744. The van der Waals surface area contributed by atoms with Crippen LogP contribution in [0.3, 0.4) is 0 Å². The molecule has 0 spiro atoms. The van der Waals surface area contributed by atoms with Crippen LogP contribution in [0, 0.1) is 0 Å². The van der Waals surface area contributed by atoms with Gasteiger partial charge in [0, 0.05) is 49.7 Å². The molecule has 1 saturated heterocycles. The summed E-state index contributed by atoms with van der Waals surface area (Å²) >= 11 is 0. The molecule has 28 heavy (non-hydrogen) atoms. The summed E-state index contributed by atoms with van der Waals surface area (Å²) in [6.07, 6.45) is 7.48. The van der Waals surface area contributed by atoms with Crippen LogP contribution >= 0.6 is 0 Å². The number of fused-ring (bicyclic) bond motifs is 1. The first-order valence-corrected chi connectivity index (χ1v) is 9.39. The van der Waals surface area contributed by atoms with Crippen molar-refractivity contribution in [2.24, 2.45) is 7.05 Å². The van der Waals surface area contributed by atoms with Gasteiger partial charge in [-0.05, 0) is 31.4 Å². The molecule has 0 saturated carbocycles. The molecule has 1 aliphatic rings. The number of hydrogen-bond acceptors (Lipinski definition) is 6. The molecule has 0 aliphatic carbocycles.